The molecule has 0 radical (unpaired) electrons. The van der Waals surface area contributed by atoms with E-state index >= 15 is 0 Å². The monoisotopic (exact) mass is 584 g/mol. The maximum absolute atomic E-state index is 13.2. The van der Waals surface area contributed by atoms with Crippen molar-refractivity contribution < 1.29 is 50.1 Å². The van der Waals surface area contributed by atoms with Crippen molar-refractivity contribution in [2.75, 3.05) is 13.7 Å². The van der Waals surface area contributed by atoms with Gasteiger partial charge in [0.05, 0.1) is 12.6 Å². The number of hydrogen-bond acceptors (Lipinski definition) is 5. The second-order valence-corrected chi connectivity index (χ2v) is 8.78. The number of ether oxygens (including phenoxy) is 3. The van der Waals surface area contributed by atoms with Crippen LogP contribution in [0.1, 0.15) is 29.5 Å². The number of alkyl halides is 6. The van der Waals surface area contributed by atoms with Crippen LogP contribution in [0.25, 0.3) is 0 Å². The first-order chi connectivity index (χ1) is 19.3. The van der Waals surface area contributed by atoms with Crippen molar-refractivity contribution in [1.82, 2.24) is 10.6 Å². The highest BCUT2D eigenvalue weighted by Gasteiger charge is 2.39. The first-order valence-corrected chi connectivity index (χ1v) is 12.2. The van der Waals surface area contributed by atoms with Gasteiger partial charge in [-0.25, -0.2) is 4.79 Å². The molecule has 3 aromatic rings. The molecule has 2 N–H and O–H groups in total. The van der Waals surface area contributed by atoms with Crippen molar-refractivity contribution in [2.24, 2.45) is 0 Å². The van der Waals surface area contributed by atoms with E-state index in [0.29, 0.717) is 5.56 Å². The third-order valence-corrected chi connectivity index (χ3v) is 5.83. The van der Waals surface area contributed by atoms with Gasteiger partial charge in [-0.2, -0.15) is 0 Å². The number of halogens is 6. The summed E-state index contributed by atoms with van der Waals surface area (Å²) >= 11 is 0. The summed E-state index contributed by atoms with van der Waals surface area (Å²) in [5, 5.41) is 5.32. The van der Waals surface area contributed by atoms with Gasteiger partial charge in [0.15, 0.2) is 0 Å². The molecule has 0 saturated carbocycles. The molecule has 3 aromatic carbocycles. The minimum Gasteiger partial charge on any atom is -0.469 e. The first kappa shape index (κ1) is 31.1. The van der Waals surface area contributed by atoms with Crippen LogP contribution in [0.4, 0.5) is 31.1 Å². The normalized spacial score (nSPS) is 11.9. The van der Waals surface area contributed by atoms with Crippen molar-refractivity contribution in [1.29, 1.82) is 0 Å². The highest BCUT2D eigenvalue weighted by molar-refractivity contribution is 5.76. The van der Waals surface area contributed by atoms with Crippen LogP contribution in [0.3, 0.4) is 0 Å². The number of nitrogens with one attached hydrogen (secondary N) is 2. The smallest absolute Gasteiger partial charge is 0.469 e. The van der Waals surface area contributed by atoms with E-state index in [1.807, 2.05) is 0 Å². The summed E-state index contributed by atoms with van der Waals surface area (Å²) in [4.78, 5) is 24.6. The molecule has 220 valence electrons. The van der Waals surface area contributed by atoms with Gasteiger partial charge < -0.3 is 24.8 Å². The molecule has 0 saturated heterocycles. The van der Waals surface area contributed by atoms with Gasteiger partial charge in [-0.3, -0.25) is 4.79 Å². The molecule has 0 aromatic heterocycles. The molecule has 13 heteroatoms. The van der Waals surface area contributed by atoms with Crippen LogP contribution in [0.15, 0.2) is 78.9 Å². The molecule has 0 bridgehead atoms. The van der Waals surface area contributed by atoms with Gasteiger partial charge in [-0.1, -0.05) is 54.6 Å². The lowest BCUT2D eigenvalue weighted by molar-refractivity contribution is -0.275. The van der Waals surface area contributed by atoms with Crippen LogP contribution in [-0.4, -0.2) is 38.4 Å². The highest BCUT2D eigenvalue weighted by atomic mass is 19.4. The average molecular weight is 585 g/mol. The molecular formula is C28H26F6N2O5. The molecule has 0 spiro atoms. The SMILES string of the molecule is COC(=O)CCCNC(=O)NC(Cc1ccccc1)(c1cccc(OC(F)(F)F)c1)c1cccc(OC(F)(F)F)c1. The Hall–Kier alpha value is -4.42. The van der Waals surface area contributed by atoms with Crippen molar-refractivity contribution in [2.45, 2.75) is 37.5 Å². The van der Waals surface area contributed by atoms with Gasteiger partial charge in [-0.15, -0.1) is 26.3 Å². The Morgan fingerprint density at radius 3 is 1.78 bits per heavy atom. The van der Waals surface area contributed by atoms with Crippen LogP contribution < -0.4 is 20.1 Å². The maximum Gasteiger partial charge on any atom is 0.573 e. The van der Waals surface area contributed by atoms with E-state index in [2.05, 4.69) is 24.8 Å². The zero-order chi connectivity index (χ0) is 30.1. The van der Waals surface area contributed by atoms with Crippen molar-refractivity contribution in [3.05, 3.63) is 95.6 Å². The number of hydrogen-bond donors (Lipinski definition) is 2. The Balaban J connectivity index is 2.13. The number of amides is 2. The molecule has 41 heavy (non-hydrogen) atoms. The molecule has 0 aliphatic heterocycles. The van der Waals surface area contributed by atoms with E-state index in [0.717, 1.165) is 24.3 Å². The van der Waals surface area contributed by atoms with Gasteiger partial charge in [0, 0.05) is 19.4 Å². The third kappa shape index (κ3) is 9.62. The lowest BCUT2D eigenvalue weighted by Crippen LogP contribution is -2.52. The molecule has 0 atom stereocenters. The van der Waals surface area contributed by atoms with E-state index < -0.39 is 41.8 Å². The van der Waals surface area contributed by atoms with Crippen LogP contribution in [0.2, 0.25) is 0 Å². The van der Waals surface area contributed by atoms with Crippen LogP contribution in [0.5, 0.6) is 11.5 Å². The molecule has 0 heterocycles. The Morgan fingerprint density at radius 2 is 1.29 bits per heavy atom. The molecule has 0 aliphatic carbocycles. The number of rotatable bonds is 11. The zero-order valence-corrected chi connectivity index (χ0v) is 21.6. The summed E-state index contributed by atoms with van der Waals surface area (Å²) in [7, 11) is 1.22. The quantitative estimate of drug-likeness (QED) is 0.159. The van der Waals surface area contributed by atoms with E-state index in [-0.39, 0.29) is 36.9 Å². The second-order valence-electron chi connectivity index (χ2n) is 8.78. The van der Waals surface area contributed by atoms with Crippen LogP contribution in [0, 0.1) is 0 Å². The number of esters is 1. The topological polar surface area (TPSA) is 85.9 Å². The second kappa shape index (κ2) is 13.3. The molecular weight excluding hydrogens is 558 g/mol. The molecule has 3 rings (SSSR count). The Bertz CT molecular complexity index is 1260. The van der Waals surface area contributed by atoms with Gasteiger partial charge in [-0.05, 0) is 47.4 Å². The summed E-state index contributed by atoms with van der Waals surface area (Å²) in [6, 6.07) is 17.3. The van der Waals surface area contributed by atoms with E-state index in [1.54, 1.807) is 30.3 Å². The summed E-state index contributed by atoms with van der Waals surface area (Å²) in [6.07, 6.45) is -9.90. The standard InChI is InChI=1S/C28H26F6N2O5/c1-39-24(37)14-7-15-35-25(38)36-26(18-19-8-3-2-4-9-19,20-10-5-12-22(16-20)40-27(29,30)31)21-11-6-13-23(17-21)41-28(32,33)34/h2-6,8-13,16-17H,7,14-15,18H2,1H3,(H2,35,36,38). The van der Waals surface area contributed by atoms with E-state index in [4.69, 9.17) is 0 Å². The first-order valence-electron chi connectivity index (χ1n) is 12.2. The molecule has 0 fully saturated rings. The minimum atomic E-state index is -5.02. The van der Waals surface area contributed by atoms with Crippen molar-refractivity contribution in [3.63, 3.8) is 0 Å². The zero-order valence-electron chi connectivity index (χ0n) is 21.6. The van der Waals surface area contributed by atoms with Crippen molar-refractivity contribution in [3.8, 4) is 11.5 Å². The van der Waals surface area contributed by atoms with Gasteiger partial charge >= 0.3 is 24.7 Å². The summed E-state index contributed by atoms with van der Waals surface area (Å²) in [5.74, 6) is -1.69. The predicted molar refractivity (Wildman–Crippen MR) is 135 cm³/mol. The maximum atomic E-state index is 13.2. The predicted octanol–water partition coefficient (Wildman–Crippen LogP) is 6.22. The lowest BCUT2D eigenvalue weighted by atomic mass is 9.77. The number of benzene rings is 3. The Morgan fingerprint density at radius 1 is 0.756 bits per heavy atom. The van der Waals surface area contributed by atoms with Crippen LogP contribution >= 0.6 is 0 Å². The van der Waals surface area contributed by atoms with Crippen molar-refractivity contribution >= 4 is 12.0 Å². The van der Waals surface area contributed by atoms with Gasteiger partial charge in [0.1, 0.15) is 11.5 Å². The average Bonchev–Trinajstić information content (AvgIpc) is 2.89. The van der Waals surface area contributed by atoms with Gasteiger partial charge in [0.2, 0.25) is 0 Å². The highest BCUT2D eigenvalue weighted by Crippen LogP contribution is 2.38. The van der Waals surface area contributed by atoms with Gasteiger partial charge in [0.25, 0.3) is 0 Å². The fourth-order valence-corrected chi connectivity index (χ4v) is 4.15. The number of urea groups is 1. The van der Waals surface area contributed by atoms with Crippen LogP contribution in [-0.2, 0) is 21.5 Å². The molecule has 7 nitrogen and oxygen atoms in total. The number of carbonyl (C=O) groups excluding carboxylic acids is 2. The Kier molecular flexibility index (Phi) is 10.1. The minimum absolute atomic E-state index is 0.0135. The molecule has 2 amide bonds. The summed E-state index contributed by atoms with van der Waals surface area (Å²) < 4.78 is 91.1. The lowest BCUT2D eigenvalue weighted by Gasteiger charge is -2.37. The van der Waals surface area contributed by atoms with E-state index in [9.17, 15) is 35.9 Å². The largest absolute Gasteiger partial charge is 0.573 e. The Labute approximate surface area is 231 Å². The molecule has 0 unspecified atom stereocenters. The summed E-state index contributed by atoms with van der Waals surface area (Å²) in [6.45, 7) is 0.0246. The van der Waals surface area contributed by atoms with E-state index in [1.165, 1.54) is 31.4 Å². The fourth-order valence-electron chi connectivity index (χ4n) is 4.15. The third-order valence-electron chi connectivity index (χ3n) is 5.83. The summed E-state index contributed by atoms with van der Waals surface area (Å²) in [5.41, 5.74) is -0.958. The number of carbonyl (C=O) groups is 2. The fraction of sp³-hybridized carbons (Fsp3) is 0.286. The number of methoxy groups -OCH3 is 1. The molecule has 0 aliphatic rings.